The van der Waals surface area contributed by atoms with Crippen molar-refractivity contribution in [3.8, 4) is 5.75 Å². The summed E-state index contributed by atoms with van der Waals surface area (Å²) in [5.41, 5.74) is 3.26. The van der Waals surface area contributed by atoms with Crippen molar-refractivity contribution in [1.29, 1.82) is 0 Å². The fourth-order valence-corrected chi connectivity index (χ4v) is 3.05. The standard InChI is InChI=1S/C23H26FN3O3/c1-16(2)21(24)15-30-20-8-4-5-17(12-20)9-10-25-13-18-6-3-7-19(11-18)27-14-22(28)26-23(27)29/h3-8,11-12,21,25H,1,9-10,13-15H2,2H3,(H,26,28,29). The Bertz CT molecular complexity index is 931. The molecule has 2 aromatic carbocycles. The third-order valence-corrected chi connectivity index (χ3v) is 4.76. The van der Waals surface area contributed by atoms with E-state index in [-0.39, 0.29) is 19.1 Å². The number of alkyl halides is 1. The lowest BCUT2D eigenvalue weighted by Crippen LogP contribution is -2.28. The number of rotatable bonds is 10. The van der Waals surface area contributed by atoms with Gasteiger partial charge in [0.1, 0.15) is 18.9 Å². The molecule has 1 aliphatic heterocycles. The van der Waals surface area contributed by atoms with Crippen molar-refractivity contribution in [3.63, 3.8) is 0 Å². The Hall–Kier alpha value is -3.19. The number of amides is 3. The van der Waals surface area contributed by atoms with Crippen LogP contribution < -0.4 is 20.3 Å². The van der Waals surface area contributed by atoms with Crippen LogP contribution in [0.4, 0.5) is 14.9 Å². The topological polar surface area (TPSA) is 70.7 Å². The van der Waals surface area contributed by atoms with E-state index in [1.165, 1.54) is 4.90 Å². The molecule has 1 fully saturated rings. The van der Waals surface area contributed by atoms with Gasteiger partial charge in [-0.15, -0.1) is 0 Å². The second-order valence-corrected chi connectivity index (χ2v) is 7.31. The van der Waals surface area contributed by atoms with Gasteiger partial charge in [-0.1, -0.05) is 30.8 Å². The van der Waals surface area contributed by atoms with E-state index in [0.29, 0.717) is 23.6 Å². The predicted molar refractivity (Wildman–Crippen MR) is 114 cm³/mol. The summed E-state index contributed by atoms with van der Waals surface area (Å²) in [7, 11) is 0. The van der Waals surface area contributed by atoms with Crippen molar-refractivity contribution in [3.05, 3.63) is 71.8 Å². The van der Waals surface area contributed by atoms with Crippen LogP contribution in [-0.4, -0.2) is 37.8 Å². The molecule has 1 atom stereocenters. The van der Waals surface area contributed by atoms with Gasteiger partial charge in [0.25, 0.3) is 0 Å². The molecule has 30 heavy (non-hydrogen) atoms. The highest BCUT2D eigenvalue weighted by Crippen LogP contribution is 2.19. The van der Waals surface area contributed by atoms with Crippen molar-refractivity contribution in [2.45, 2.75) is 26.1 Å². The van der Waals surface area contributed by atoms with Crippen LogP contribution in [0, 0.1) is 0 Å². The first-order chi connectivity index (χ1) is 14.4. The lowest BCUT2D eigenvalue weighted by molar-refractivity contribution is -0.117. The number of imide groups is 1. The summed E-state index contributed by atoms with van der Waals surface area (Å²) < 4.78 is 19.1. The Kier molecular flexibility index (Phi) is 7.19. The second-order valence-electron chi connectivity index (χ2n) is 7.31. The van der Waals surface area contributed by atoms with Gasteiger partial charge in [0, 0.05) is 12.2 Å². The minimum atomic E-state index is -1.17. The molecule has 158 valence electrons. The first-order valence-electron chi connectivity index (χ1n) is 9.84. The van der Waals surface area contributed by atoms with Crippen LogP contribution in [0.2, 0.25) is 0 Å². The highest BCUT2D eigenvalue weighted by atomic mass is 19.1. The molecule has 1 saturated heterocycles. The summed E-state index contributed by atoms with van der Waals surface area (Å²) >= 11 is 0. The highest BCUT2D eigenvalue weighted by Gasteiger charge is 2.27. The molecular weight excluding hydrogens is 385 g/mol. The summed E-state index contributed by atoms with van der Waals surface area (Å²) in [5, 5.41) is 5.65. The maximum Gasteiger partial charge on any atom is 0.329 e. The molecule has 0 aliphatic carbocycles. The number of anilines is 1. The third kappa shape index (κ3) is 5.90. The molecule has 0 radical (unpaired) electrons. The average molecular weight is 411 g/mol. The van der Waals surface area contributed by atoms with Gasteiger partial charge in [0.05, 0.1) is 0 Å². The van der Waals surface area contributed by atoms with E-state index in [0.717, 1.165) is 24.1 Å². The number of nitrogens with zero attached hydrogens (tertiary/aromatic N) is 1. The minimum absolute atomic E-state index is 0.0337. The number of halogens is 1. The summed E-state index contributed by atoms with van der Waals surface area (Å²) in [6.45, 7) is 6.63. The minimum Gasteiger partial charge on any atom is -0.490 e. The normalized spacial score (nSPS) is 14.5. The van der Waals surface area contributed by atoms with Gasteiger partial charge >= 0.3 is 6.03 Å². The van der Waals surface area contributed by atoms with Crippen LogP contribution in [0.25, 0.3) is 0 Å². The number of carbonyl (C=O) groups is 2. The Balaban J connectivity index is 1.47. The van der Waals surface area contributed by atoms with Crippen molar-refractivity contribution < 1.29 is 18.7 Å². The fraction of sp³-hybridized carbons (Fsp3) is 0.304. The van der Waals surface area contributed by atoms with Crippen LogP contribution in [-0.2, 0) is 17.8 Å². The van der Waals surface area contributed by atoms with Crippen LogP contribution in [0.15, 0.2) is 60.7 Å². The summed E-state index contributed by atoms with van der Waals surface area (Å²) in [6.07, 6.45) is -0.379. The smallest absolute Gasteiger partial charge is 0.329 e. The van der Waals surface area contributed by atoms with Gasteiger partial charge in [-0.2, -0.15) is 0 Å². The summed E-state index contributed by atoms with van der Waals surface area (Å²) in [6, 6.07) is 14.8. The molecule has 0 aromatic heterocycles. The van der Waals surface area contributed by atoms with Crippen molar-refractivity contribution in [2.75, 3.05) is 24.6 Å². The van der Waals surface area contributed by atoms with E-state index < -0.39 is 12.2 Å². The van der Waals surface area contributed by atoms with Crippen LogP contribution >= 0.6 is 0 Å². The van der Waals surface area contributed by atoms with E-state index in [1.807, 2.05) is 48.5 Å². The fourth-order valence-electron chi connectivity index (χ4n) is 3.05. The maximum absolute atomic E-state index is 13.6. The molecule has 0 bridgehead atoms. The Morgan fingerprint density at radius 1 is 1.23 bits per heavy atom. The molecule has 2 N–H and O–H groups in total. The first kappa shape index (κ1) is 21.5. The molecule has 6 nitrogen and oxygen atoms in total. The van der Waals surface area contributed by atoms with E-state index in [4.69, 9.17) is 4.74 Å². The van der Waals surface area contributed by atoms with Crippen LogP contribution in [0.1, 0.15) is 18.1 Å². The van der Waals surface area contributed by atoms with Gasteiger partial charge in [-0.3, -0.25) is 15.0 Å². The van der Waals surface area contributed by atoms with Gasteiger partial charge < -0.3 is 10.1 Å². The van der Waals surface area contributed by atoms with Crippen LogP contribution in [0.3, 0.4) is 0 Å². The van der Waals surface area contributed by atoms with Gasteiger partial charge in [-0.05, 0) is 60.9 Å². The number of benzene rings is 2. The number of nitrogens with one attached hydrogen (secondary N) is 2. The average Bonchev–Trinajstić information content (AvgIpc) is 3.08. The second kappa shape index (κ2) is 10.0. The van der Waals surface area contributed by atoms with Crippen molar-refractivity contribution >= 4 is 17.6 Å². The molecule has 3 rings (SSSR count). The first-order valence-corrected chi connectivity index (χ1v) is 9.84. The Labute approximate surface area is 175 Å². The molecule has 3 amide bonds. The molecule has 2 aromatic rings. The third-order valence-electron chi connectivity index (χ3n) is 4.76. The number of carbonyl (C=O) groups excluding carboxylic acids is 2. The molecule has 1 heterocycles. The highest BCUT2D eigenvalue weighted by molar-refractivity contribution is 6.12. The zero-order valence-corrected chi connectivity index (χ0v) is 17.0. The number of urea groups is 1. The van der Waals surface area contributed by atoms with Crippen molar-refractivity contribution in [2.24, 2.45) is 0 Å². The van der Waals surface area contributed by atoms with Gasteiger partial charge in [0.2, 0.25) is 5.91 Å². The Morgan fingerprint density at radius 2 is 2.00 bits per heavy atom. The molecular formula is C23H26FN3O3. The summed E-state index contributed by atoms with van der Waals surface area (Å²) in [4.78, 5) is 24.6. The largest absolute Gasteiger partial charge is 0.490 e. The SMILES string of the molecule is C=C(C)C(F)COc1cccc(CCNCc2cccc(N3CC(=O)NC3=O)c2)c1. The molecule has 7 heteroatoms. The number of hydrogen-bond donors (Lipinski definition) is 2. The quantitative estimate of drug-likeness (QED) is 0.357. The lowest BCUT2D eigenvalue weighted by atomic mass is 10.1. The monoisotopic (exact) mass is 411 g/mol. The van der Waals surface area contributed by atoms with Gasteiger partial charge in [0.15, 0.2) is 6.17 Å². The molecule has 0 saturated carbocycles. The van der Waals surface area contributed by atoms with E-state index >= 15 is 0 Å². The molecule has 1 unspecified atom stereocenters. The Morgan fingerprint density at radius 3 is 2.73 bits per heavy atom. The maximum atomic E-state index is 13.6. The summed E-state index contributed by atoms with van der Waals surface area (Å²) in [5.74, 6) is 0.346. The van der Waals surface area contributed by atoms with Gasteiger partial charge in [-0.25, -0.2) is 9.18 Å². The van der Waals surface area contributed by atoms with E-state index in [1.54, 1.807) is 6.92 Å². The molecule has 1 aliphatic rings. The van der Waals surface area contributed by atoms with Crippen molar-refractivity contribution in [1.82, 2.24) is 10.6 Å². The number of hydrogen-bond acceptors (Lipinski definition) is 4. The zero-order chi connectivity index (χ0) is 21.5. The van der Waals surface area contributed by atoms with E-state index in [9.17, 15) is 14.0 Å². The van der Waals surface area contributed by atoms with E-state index in [2.05, 4.69) is 17.2 Å². The zero-order valence-electron chi connectivity index (χ0n) is 17.0. The van der Waals surface area contributed by atoms with Crippen LogP contribution in [0.5, 0.6) is 5.75 Å². The predicted octanol–water partition coefficient (Wildman–Crippen LogP) is 3.37. The lowest BCUT2D eigenvalue weighted by Gasteiger charge is -2.14. The number of ether oxygens (including phenoxy) is 1. The molecule has 0 spiro atoms.